The quantitative estimate of drug-likeness (QED) is 0.742. The van der Waals surface area contributed by atoms with Crippen molar-refractivity contribution in [2.75, 3.05) is 0 Å². The smallest absolute Gasteiger partial charge is 0.139 e. The van der Waals surface area contributed by atoms with Crippen LogP contribution in [0.2, 0.25) is 10.0 Å². The zero-order valence-electron chi connectivity index (χ0n) is 10.7. The van der Waals surface area contributed by atoms with Crippen LogP contribution in [0.4, 0.5) is 0 Å². The highest BCUT2D eigenvalue weighted by Gasteiger charge is 2.13. The lowest BCUT2D eigenvalue weighted by molar-refractivity contribution is 1.23. The minimum atomic E-state index is 0.588. The van der Waals surface area contributed by atoms with Crippen molar-refractivity contribution >= 4 is 23.2 Å². The van der Waals surface area contributed by atoms with Crippen LogP contribution in [0.1, 0.15) is 5.69 Å². The number of pyridine rings is 1. The lowest BCUT2D eigenvalue weighted by Gasteiger charge is -2.02. The Morgan fingerprint density at radius 1 is 1.15 bits per heavy atom. The summed E-state index contributed by atoms with van der Waals surface area (Å²) < 4.78 is 0. The molecule has 5 heteroatoms. The lowest BCUT2D eigenvalue weighted by atomic mass is 10.1. The number of nitrogens with zero attached hydrogens (tertiary/aromatic N) is 2. The van der Waals surface area contributed by atoms with Crippen LogP contribution in [0.3, 0.4) is 0 Å². The van der Waals surface area contributed by atoms with Crippen molar-refractivity contribution in [3.8, 4) is 22.6 Å². The number of benzene rings is 1. The molecule has 0 aliphatic heterocycles. The van der Waals surface area contributed by atoms with E-state index in [4.69, 9.17) is 23.2 Å². The van der Waals surface area contributed by atoms with Gasteiger partial charge >= 0.3 is 0 Å². The molecule has 0 spiro atoms. The fraction of sp³-hybridized carbons (Fsp3) is 0.0667. The molecule has 0 saturated heterocycles. The summed E-state index contributed by atoms with van der Waals surface area (Å²) in [4.78, 5) is 12.0. The Kier molecular flexibility index (Phi) is 3.47. The highest BCUT2D eigenvalue weighted by molar-refractivity contribution is 6.36. The maximum Gasteiger partial charge on any atom is 0.139 e. The van der Waals surface area contributed by atoms with Crippen LogP contribution in [0.5, 0.6) is 0 Å². The SMILES string of the molecule is Cc1[nH]c(-c2cccnc2)nc1-c1ccc(Cl)cc1Cl. The van der Waals surface area contributed by atoms with E-state index in [2.05, 4.69) is 15.0 Å². The maximum absolute atomic E-state index is 6.24. The number of aryl methyl sites for hydroxylation is 1. The predicted molar refractivity (Wildman–Crippen MR) is 82.0 cm³/mol. The van der Waals surface area contributed by atoms with Crippen molar-refractivity contribution in [2.24, 2.45) is 0 Å². The van der Waals surface area contributed by atoms with Crippen molar-refractivity contribution in [1.82, 2.24) is 15.0 Å². The molecular weight excluding hydrogens is 293 g/mol. The summed E-state index contributed by atoms with van der Waals surface area (Å²) in [7, 11) is 0. The number of hydrogen-bond donors (Lipinski definition) is 1. The third-order valence-electron chi connectivity index (χ3n) is 3.01. The fourth-order valence-electron chi connectivity index (χ4n) is 2.04. The molecule has 1 N–H and O–H groups in total. The number of aromatic nitrogens is 3. The summed E-state index contributed by atoms with van der Waals surface area (Å²) in [6.07, 6.45) is 3.50. The average molecular weight is 304 g/mol. The Morgan fingerprint density at radius 2 is 2.00 bits per heavy atom. The van der Waals surface area contributed by atoms with Gasteiger partial charge in [0.1, 0.15) is 5.82 Å². The van der Waals surface area contributed by atoms with Gasteiger partial charge in [0.25, 0.3) is 0 Å². The molecule has 0 aliphatic carbocycles. The van der Waals surface area contributed by atoms with E-state index in [1.165, 1.54) is 0 Å². The standard InChI is InChI=1S/C15H11Cl2N3/c1-9-14(12-5-4-11(16)7-13(12)17)20-15(19-9)10-3-2-6-18-8-10/h2-8H,1H3,(H,19,20). The first-order valence-corrected chi connectivity index (χ1v) is 6.83. The number of H-pyrrole nitrogens is 1. The largest absolute Gasteiger partial charge is 0.341 e. The number of nitrogens with one attached hydrogen (secondary N) is 1. The Labute approximate surface area is 126 Å². The van der Waals surface area contributed by atoms with Gasteiger partial charge in [0.2, 0.25) is 0 Å². The zero-order chi connectivity index (χ0) is 14.1. The number of hydrogen-bond acceptors (Lipinski definition) is 2. The molecule has 2 aromatic heterocycles. The van der Waals surface area contributed by atoms with Gasteiger partial charge in [-0.25, -0.2) is 4.98 Å². The molecule has 3 nitrogen and oxygen atoms in total. The number of halogens is 2. The summed E-state index contributed by atoms with van der Waals surface area (Å²) in [6.45, 7) is 1.97. The second kappa shape index (κ2) is 5.27. The van der Waals surface area contributed by atoms with Gasteiger partial charge in [0, 0.05) is 34.2 Å². The van der Waals surface area contributed by atoms with E-state index in [0.29, 0.717) is 10.0 Å². The van der Waals surface area contributed by atoms with Gasteiger partial charge in [0.15, 0.2) is 0 Å². The first-order chi connectivity index (χ1) is 9.65. The number of aromatic amines is 1. The van der Waals surface area contributed by atoms with E-state index in [0.717, 1.165) is 28.3 Å². The maximum atomic E-state index is 6.24. The highest BCUT2D eigenvalue weighted by atomic mass is 35.5. The molecular formula is C15H11Cl2N3. The van der Waals surface area contributed by atoms with Crippen LogP contribution >= 0.6 is 23.2 Å². The summed E-state index contributed by atoms with van der Waals surface area (Å²) in [5.74, 6) is 0.775. The summed E-state index contributed by atoms with van der Waals surface area (Å²) in [5.41, 5.74) is 3.57. The van der Waals surface area contributed by atoms with Gasteiger partial charge in [-0.1, -0.05) is 23.2 Å². The first-order valence-electron chi connectivity index (χ1n) is 6.07. The molecule has 0 aliphatic rings. The molecule has 3 aromatic rings. The van der Waals surface area contributed by atoms with Gasteiger partial charge < -0.3 is 4.98 Å². The third kappa shape index (κ3) is 2.42. The van der Waals surface area contributed by atoms with Crippen LogP contribution in [0, 0.1) is 6.92 Å². The van der Waals surface area contributed by atoms with Crippen molar-refractivity contribution in [2.45, 2.75) is 6.92 Å². The van der Waals surface area contributed by atoms with Crippen LogP contribution < -0.4 is 0 Å². The van der Waals surface area contributed by atoms with Crippen LogP contribution in [0.25, 0.3) is 22.6 Å². The minimum Gasteiger partial charge on any atom is -0.341 e. The zero-order valence-corrected chi connectivity index (χ0v) is 12.2. The molecule has 0 bridgehead atoms. The van der Waals surface area contributed by atoms with E-state index in [-0.39, 0.29) is 0 Å². The van der Waals surface area contributed by atoms with Crippen molar-refractivity contribution < 1.29 is 0 Å². The van der Waals surface area contributed by atoms with Gasteiger partial charge in [-0.05, 0) is 37.3 Å². The normalized spacial score (nSPS) is 10.8. The Morgan fingerprint density at radius 3 is 2.70 bits per heavy atom. The van der Waals surface area contributed by atoms with E-state index in [1.54, 1.807) is 24.5 Å². The molecule has 0 unspecified atom stereocenters. The van der Waals surface area contributed by atoms with Crippen molar-refractivity contribution in [1.29, 1.82) is 0 Å². The molecule has 2 heterocycles. The summed E-state index contributed by atoms with van der Waals surface area (Å²) in [6, 6.07) is 9.23. The molecule has 1 aromatic carbocycles. The third-order valence-corrected chi connectivity index (χ3v) is 3.55. The molecule has 0 amide bonds. The van der Waals surface area contributed by atoms with Crippen molar-refractivity contribution in [3.63, 3.8) is 0 Å². The second-order valence-electron chi connectivity index (χ2n) is 4.42. The Bertz CT molecular complexity index is 751. The fourth-order valence-corrected chi connectivity index (χ4v) is 2.54. The molecule has 0 radical (unpaired) electrons. The first kappa shape index (κ1) is 13.2. The molecule has 0 atom stereocenters. The Balaban J connectivity index is 2.10. The number of rotatable bonds is 2. The van der Waals surface area contributed by atoms with Gasteiger partial charge in [0.05, 0.1) is 10.7 Å². The topological polar surface area (TPSA) is 41.6 Å². The lowest BCUT2D eigenvalue weighted by Crippen LogP contribution is -1.83. The summed E-state index contributed by atoms with van der Waals surface area (Å²) >= 11 is 12.2. The molecule has 0 fully saturated rings. The molecule has 100 valence electrons. The molecule has 20 heavy (non-hydrogen) atoms. The molecule has 0 saturated carbocycles. The Hall–Kier alpha value is -1.84. The van der Waals surface area contributed by atoms with Gasteiger partial charge in [-0.2, -0.15) is 0 Å². The monoisotopic (exact) mass is 303 g/mol. The highest BCUT2D eigenvalue weighted by Crippen LogP contribution is 2.32. The number of imidazole rings is 1. The van der Waals surface area contributed by atoms with Crippen LogP contribution in [0.15, 0.2) is 42.7 Å². The van der Waals surface area contributed by atoms with Gasteiger partial charge in [-0.15, -0.1) is 0 Å². The molecule has 3 rings (SSSR count). The van der Waals surface area contributed by atoms with Crippen molar-refractivity contribution in [3.05, 3.63) is 58.5 Å². The van der Waals surface area contributed by atoms with Gasteiger partial charge in [-0.3, -0.25) is 4.98 Å². The van der Waals surface area contributed by atoms with E-state index >= 15 is 0 Å². The second-order valence-corrected chi connectivity index (χ2v) is 5.27. The van der Waals surface area contributed by atoms with Crippen LogP contribution in [-0.2, 0) is 0 Å². The average Bonchev–Trinajstić information content (AvgIpc) is 2.82. The van der Waals surface area contributed by atoms with E-state index in [9.17, 15) is 0 Å². The minimum absolute atomic E-state index is 0.588. The van der Waals surface area contributed by atoms with E-state index < -0.39 is 0 Å². The van der Waals surface area contributed by atoms with E-state index in [1.807, 2.05) is 25.1 Å². The predicted octanol–water partition coefficient (Wildman–Crippen LogP) is 4.75. The van der Waals surface area contributed by atoms with Crippen LogP contribution in [-0.4, -0.2) is 15.0 Å². The summed E-state index contributed by atoms with van der Waals surface area (Å²) in [5, 5.41) is 1.20.